The van der Waals surface area contributed by atoms with Gasteiger partial charge in [-0.25, -0.2) is 8.42 Å². The third-order valence-corrected chi connectivity index (χ3v) is 5.28. The lowest BCUT2D eigenvalue weighted by molar-refractivity contribution is 0.185. The van der Waals surface area contributed by atoms with Gasteiger partial charge in [-0.1, -0.05) is 18.2 Å². The molecule has 21 heavy (non-hydrogen) atoms. The predicted octanol–water partition coefficient (Wildman–Crippen LogP) is 2.41. The van der Waals surface area contributed by atoms with Crippen LogP contribution in [0.3, 0.4) is 0 Å². The fraction of sp³-hybridized carbons (Fsp3) is 0.286. The second-order valence-corrected chi connectivity index (χ2v) is 7.15. The maximum Gasteiger partial charge on any atom is 0.262 e. The van der Waals surface area contributed by atoms with Crippen molar-refractivity contribution in [2.75, 3.05) is 18.9 Å². The Labute approximate surface area is 129 Å². The van der Waals surface area contributed by atoms with Gasteiger partial charge in [-0.15, -0.1) is 11.3 Å². The minimum absolute atomic E-state index is 0.282. The van der Waals surface area contributed by atoms with Crippen molar-refractivity contribution in [3.05, 3.63) is 46.2 Å². The zero-order valence-corrected chi connectivity index (χ0v) is 13.6. The van der Waals surface area contributed by atoms with Gasteiger partial charge < -0.3 is 10.1 Å². The van der Waals surface area contributed by atoms with Crippen LogP contribution in [0, 0.1) is 0 Å². The number of methoxy groups -OCH3 is 1. The number of ether oxygens (including phenoxy) is 1. The first kappa shape index (κ1) is 16.0. The largest absolute Gasteiger partial charge is 0.380 e. The molecule has 0 saturated heterocycles. The Morgan fingerprint density at radius 3 is 2.76 bits per heavy atom. The molecule has 0 spiro atoms. The van der Waals surface area contributed by atoms with E-state index in [0.717, 1.165) is 10.4 Å². The summed E-state index contributed by atoms with van der Waals surface area (Å²) in [4.78, 5) is 1.26. The van der Waals surface area contributed by atoms with Crippen molar-refractivity contribution in [3.63, 3.8) is 0 Å². The Morgan fingerprint density at radius 1 is 1.29 bits per heavy atom. The average molecular weight is 326 g/mol. The van der Waals surface area contributed by atoms with Crippen LogP contribution >= 0.6 is 11.3 Å². The van der Waals surface area contributed by atoms with Crippen LogP contribution in [0.5, 0.6) is 0 Å². The molecule has 2 aromatic rings. The third kappa shape index (κ3) is 4.04. The molecule has 1 aromatic heterocycles. The summed E-state index contributed by atoms with van der Waals surface area (Å²) in [7, 11) is -0.170. The van der Waals surface area contributed by atoms with Gasteiger partial charge in [-0.2, -0.15) is 0 Å². The van der Waals surface area contributed by atoms with Gasteiger partial charge in [-0.05, 0) is 19.2 Å². The van der Waals surface area contributed by atoms with E-state index in [1.165, 1.54) is 11.3 Å². The third-order valence-electron chi connectivity index (χ3n) is 2.85. The van der Waals surface area contributed by atoms with E-state index < -0.39 is 10.0 Å². The van der Waals surface area contributed by atoms with Gasteiger partial charge in [0.25, 0.3) is 10.0 Å². The summed E-state index contributed by atoms with van der Waals surface area (Å²) >= 11 is 1.42. The topological polar surface area (TPSA) is 67.4 Å². The molecule has 1 aromatic carbocycles. The van der Waals surface area contributed by atoms with Gasteiger partial charge in [0.05, 0.1) is 17.2 Å². The minimum atomic E-state index is -3.57. The van der Waals surface area contributed by atoms with Crippen LogP contribution in [0.4, 0.5) is 5.69 Å². The zero-order chi connectivity index (χ0) is 15.3. The molecule has 114 valence electrons. The van der Waals surface area contributed by atoms with Crippen molar-refractivity contribution in [2.24, 2.45) is 0 Å². The molecule has 7 heteroatoms. The van der Waals surface area contributed by atoms with Crippen LogP contribution in [-0.2, 0) is 27.9 Å². The van der Waals surface area contributed by atoms with E-state index in [9.17, 15) is 8.42 Å². The molecule has 0 unspecified atom stereocenters. The lowest BCUT2D eigenvalue weighted by atomic mass is 10.2. The number of rotatable bonds is 7. The summed E-state index contributed by atoms with van der Waals surface area (Å²) in [5, 5.41) is 4.65. The van der Waals surface area contributed by atoms with E-state index in [1.54, 1.807) is 30.7 Å². The Hall–Kier alpha value is -1.41. The Balaban J connectivity index is 2.24. The number of sulfonamides is 1. The van der Waals surface area contributed by atoms with Crippen LogP contribution in [0.25, 0.3) is 0 Å². The van der Waals surface area contributed by atoms with Gasteiger partial charge in [0.2, 0.25) is 0 Å². The number of hydrogen-bond acceptors (Lipinski definition) is 5. The highest BCUT2D eigenvalue weighted by Crippen LogP contribution is 2.24. The highest BCUT2D eigenvalue weighted by molar-refractivity contribution is 7.92. The molecular formula is C14H18N2O3S2. The van der Waals surface area contributed by atoms with E-state index in [2.05, 4.69) is 10.0 Å². The van der Waals surface area contributed by atoms with Gasteiger partial charge in [0.15, 0.2) is 0 Å². The van der Waals surface area contributed by atoms with Crippen LogP contribution in [-0.4, -0.2) is 22.6 Å². The molecule has 0 saturated carbocycles. The fourth-order valence-electron chi connectivity index (χ4n) is 1.87. The Morgan fingerprint density at radius 2 is 2.05 bits per heavy atom. The number of benzene rings is 1. The molecule has 0 bridgehead atoms. The molecular weight excluding hydrogens is 308 g/mol. The lowest BCUT2D eigenvalue weighted by Crippen LogP contribution is -2.13. The standard InChI is InChI=1S/C14H18N2O3S2/c1-15-8-12-7-13(10-20-12)21(17,18)16-14-6-4-3-5-11(14)9-19-2/h3-7,10,15-16H,8-9H2,1-2H3. The quantitative estimate of drug-likeness (QED) is 0.820. The van der Waals surface area contributed by atoms with Crippen molar-refractivity contribution in [1.82, 2.24) is 5.32 Å². The maximum absolute atomic E-state index is 12.4. The lowest BCUT2D eigenvalue weighted by Gasteiger charge is -2.11. The molecule has 0 aliphatic heterocycles. The number of thiophene rings is 1. The van der Waals surface area contributed by atoms with E-state index >= 15 is 0 Å². The first-order valence-corrected chi connectivity index (χ1v) is 8.75. The van der Waals surface area contributed by atoms with Crippen molar-refractivity contribution in [3.8, 4) is 0 Å². The summed E-state index contributed by atoms with van der Waals surface area (Å²) in [6.07, 6.45) is 0. The summed E-state index contributed by atoms with van der Waals surface area (Å²) < 4.78 is 32.5. The van der Waals surface area contributed by atoms with E-state index in [0.29, 0.717) is 18.8 Å². The molecule has 0 amide bonds. The van der Waals surface area contributed by atoms with Crippen molar-refractivity contribution >= 4 is 27.0 Å². The number of anilines is 1. The molecule has 5 nitrogen and oxygen atoms in total. The highest BCUT2D eigenvalue weighted by Gasteiger charge is 2.17. The van der Waals surface area contributed by atoms with Crippen LogP contribution < -0.4 is 10.0 Å². The molecule has 0 atom stereocenters. The first-order chi connectivity index (χ1) is 10.1. The van der Waals surface area contributed by atoms with Gasteiger partial charge in [0, 0.05) is 29.5 Å². The second kappa shape index (κ2) is 7.04. The normalized spacial score (nSPS) is 11.5. The summed E-state index contributed by atoms with van der Waals surface area (Å²) in [5.74, 6) is 0. The predicted molar refractivity (Wildman–Crippen MR) is 85.0 cm³/mol. The van der Waals surface area contributed by atoms with Crippen LogP contribution in [0.15, 0.2) is 40.6 Å². The molecule has 0 aliphatic rings. The average Bonchev–Trinajstić information content (AvgIpc) is 2.91. The highest BCUT2D eigenvalue weighted by atomic mass is 32.2. The van der Waals surface area contributed by atoms with E-state index in [4.69, 9.17) is 4.74 Å². The van der Waals surface area contributed by atoms with Crippen LogP contribution in [0.1, 0.15) is 10.4 Å². The SMILES string of the molecule is CNCc1cc(S(=O)(=O)Nc2ccccc2COC)cs1. The van der Waals surface area contributed by atoms with Gasteiger partial charge in [-0.3, -0.25) is 4.72 Å². The first-order valence-electron chi connectivity index (χ1n) is 6.38. The fourth-order valence-corrected chi connectivity index (χ4v) is 4.26. The molecule has 2 rings (SSSR count). The smallest absolute Gasteiger partial charge is 0.262 e. The molecule has 0 radical (unpaired) electrons. The maximum atomic E-state index is 12.4. The van der Waals surface area contributed by atoms with E-state index in [1.807, 2.05) is 19.2 Å². The van der Waals surface area contributed by atoms with Crippen LogP contribution in [0.2, 0.25) is 0 Å². The van der Waals surface area contributed by atoms with Gasteiger partial charge >= 0.3 is 0 Å². The van der Waals surface area contributed by atoms with Crippen molar-refractivity contribution < 1.29 is 13.2 Å². The second-order valence-electron chi connectivity index (χ2n) is 4.47. The van der Waals surface area contributed by atoms with Crippen molar-refractivity contribution in [2.45, 2.75) is 18.0 Å². The zero-order valence-electron chi connectivity index (χ0n) is 11.9. The minimum Gasteiger partial charge on any atom is -0.380 e. The molecule has 1 heterocycles. The summed E-state index contributed by atoms with van der Waals surface area (Å²) in [6, 6.07) is 8.88. The summed E-state index contributed by atoms with van der Waals surface area (Å²) in [6.45, 7) is 1.01. The number of para-hydroxylation sites is 1. The van der Waals surface area contributed by atoms with Crippen molar-refractivity contribution in [1.29, 1.82) is 0 Å². The van der Waals surface area contributed by atoms with E-state index in [-0.39, 0.29) is 4.90 Å². The monoisotopic (exact) mass is 326 g/mol. The number of nitrogens with one attached hydrogen (secondary N) is 2. The molecule has 2 N–H and O–H groups in total. The Kier molecular flexibility index (Phi) is 5.35. The Bertz CT molecular complexity index is 696. The number of hydrogen-bond donors (Lipinski definition) is 2. The molecule has 0 fully saturated rings. The summed E-state index contributed by atoms with van der Waals surface area (Å²) in [5.41, 5.74) is 1.34. The molecule has 0 aliphatic carbocycles. The van der Waals surface area contributed by atoms with Gasteiger partial charge in [0.1, 0.15) is 0 Å².